The van der Waals surface area contributed by atoms with E-state index in [1.165, 1.54) is 9.80 Å². The van der Waals surface area contributed by atoms with Gasteiger partial charge in [-0.3, -0.25) is 9.69 Å². The van der Waals surface area contributed by atoms with Crippen molar-refractivity contribution in [2.75, 3.05) is 73.6 Å². The number of amides is 1. The SMILES string of the molecule is CCN(CC1CCN(C(=NCC(=O)N(C)C)NCCOC)C1)CC(F)(F)F. The predicted octanol–water partition coefficient (Wildman–Crippen LogP) is 0.873. The number of nitrogens with zero attached hydrogens (tertiary/aromatic N) is 4. The third kappa shape index (κ3) is 9.28. The highest BCUT2D eigenvalue weighted by Gasteiger charge is 2.33. The van der Waals surface area contributed by atoms with E-state index in [2.05, 4.69) is 10.3 Å². The first kappa shape index (κ1) is 23.5. The molecule has 1 aliphatic rings. The molecule has 1 N–H and O–H groups in total. The number of likely N-dealkylation sites (tertiary alicyclic amines) is 1. The Morgan fingerprint density at radius 3 is 2.63 bits per heavy atom. The summed E-state index contributed by atoms with van der Waals surface area (Å²) in [6.07, 6.45) is -3.39. The Bertz CT molecular complexity index is 486. The van der Waals surface area contributed by atoms with Crippen molar-refractivity contribution < 1.29 is 22.7 Å². The van der Waals surface area contributed by atoms with Crippen LogP contribution in [0.1, 0.15) is 13.3 Å². The summed E-state index contributed by atoms with van der Waals surface area (Å²) in [5.41, 5.74) is 0. The lowest BCUT2D eigenvalue weighted by atomic mass is 10.1. The summed E-state index contributed by atoms with van der Waals surface area (Å²) in [7, 11) is 4.93. The number of likely N-dealkylation sites (N-methyl/N-ethyl adjacent to an activating group) is 1. The smallest absolute Gasteiger partial charge is 0.383 e. The van der Waals surface area contributed by atoms with Gasteiger partial charge in [0, 0.05) is 47.4 Å². The molecule has 0 aliphatic carbocycles. The molecule has 1 unspecified atom stereocenters. The van der Waals surface area contributed by atoms with Gasteiger partial charge in [0.25, 0.3) is 0 Å². The van der Waals surface area contributed by atoms with E-state index in [1.807, 2.05) is 4.90 Å². The van der Waals surface area contributed by atoms with Gasteiger partial charge in [-0.15, -0.1) is 0 Å². The van der Waals surface area contributed by atoms with Gasteiger partial charge in [-0.1, -0.05) is 6.92 Å². The standard InChI is InChI=1S/C17H32F3N5O2/c1-5-24(13-17(18,19)20)11-14-6-8-25(12-14)16(21-7-9-27-4)22-10-15(26)23(2)3/h14H,5-13H2,1-4H3,(H,21,22). The minimum Gasteiger partial charge on any atom is -0.383 e. The lowest BCUT2D eigenvalue weighted by Crippen LogP contribution is -2.43. The van der Waals surface area contributed by atoms with Gasteiger partial charge < -0.3 is 19.9 Å². The van der Waals surface area contributed by atoms with E-state index in [0.717, 1.165) is 6.42 Å². The molecule has 0 aromatic carbocycles. The van der Waals surface area contributed by atoms with Crippen LogP contribution < -0.4 is 5.32 Å². The van der Waals surface area contributed by atoms with Crippen LogP contribution in [0.5, 0.6) is 0 Å². The maximum Gasteiger partial charge on any atom is 0.401 e. The first-order valence-corrected chi connectivity index (χ1v) is 9.17. The molecule has 1 rings (SSSR count). The molecule has 0 bridgehead atoms. The van der Waals surface area contributed by atoms with Crippen molar-refractivity contribution in [2.24, 2.45) is 10.9 Å². The molecule has 0 saturated carbocycles. The van der Waals surface area contributed by atoms with Gasteiger partial charge >= 0.3 is 6.18 Å². The van der Waals surface area contributed by atoms with Crippen molar-refractivity contribution >= 4 is 11.9 Å². The number of guanidine groups is 1. The lowest BCUT2D eigenvalue weighted by molar-refractivity contribution is -0.146. The van der Waals surface area contributed by atoms with E-state index >= 15 is 0 Å². The minimum absolute atomic E-state index is 0.0264. The second-order valence-corrected chi connectivity index (χ2v) is 6.89. The molecular formula is C17H32F3N5O2. The van der Waals surface area contributed by atoms with Gasteiger partial charge in [-0.05, 0) is 18.9 Å². The van der Waals surface area contributed by atoms with E-state index in [4.69, 9.17) is 4.74 Å². The Balaban J connectivity index is 2.66. The highest BCUT2D eigenvalue weighted by atomic mass is 19.4. The van der Waals surface area contributed by atoms with E-state index < -0.39 is 12.7 Å². The number of aliphatic imine (C=N–C) groups is 1. The summed E-state index contributed by atoms with van der Waals surface area (Å²) >= 11 is 0. The molecule has 0 spiro atoms. The maximum absolute atomic E-state index is 12.7. The number of methoxy groups -OCH3 is 1. The number of alkyl halides is 3. The molecule has 0 radical (unpaired) electrons. The largest absolute Gasteiger partial charge is 0.401 e. The number of hydrogen-bond donors (Lipinski definition) is 1. The lowest BCUT2D eigenvalue weighted by Gasteiger charge is -2.26. The fraction of sp³-hybridized carbons (Fsp3) is 0.882. The van der Waals surface area contributed by atoms with Gasteiger partial charge in [0.05, 0.1) is 13.2 Å². The highest BCUT2D eigenvalue weighted by Crippen LogP contribution is 2.21. The van der Waals surface area contributed by atoms with Crippen molar-refractivity contribution in [1.29, 1.82) is 0 Å². The molecule has 0 aromatic heterocycles. The normalized spacial score (nSPS) is 18.3. The quantitative estimate of drug-likeness (QED) is 0.357. The molecule has 1 heterocycles. The summed E-state index contributed by atoms with van der Waals surface area (Å²) in [6, 6.07) is 0. The summed E-state index contributed by atoms with van der Waals surface area (Å²) in [5.74, 6) is 0.619. The maximum atomic E-state index is 12.7. The number of ether oxygens (including phenoxy) is 1. The second-order valence-electron chi connectivity index (χ2n) is 6.89. The minimum atomic E-state index is -4.19. The Morgan fingerprint density at radius 1 is 1.37 bits per heavy atom. The van der Waals surface area contributed by atoms with E-state index in [9.17, 15) is 18.0 Å². The fourth-order valence-electron chi connectivity index (χ4n) is 2.91. The molecule has 1 saturated heterocycles. The number of halogens is 3. The van der Waals surface area contributed by atoms with Crippen LogP contribution in [-0.4, -0.2) is 106 Å². The van der Waals surface area contributed by atoms with Crippen LogP contribution in [0.2, 0.25) is 0 Å². The zero-order chi connectivity index (χ0) is 20.4. The molecule has 10 heteroatoms. The highest BCUT2D eigenvalue weighted by molar-refractivity contribution is 5.85. The molecule has 7 nitrogen and oxygen atoms in total. The van der Waals surface area contributed by atoms with Gasteiger partial charge in [0.1, 0.15) is 6.54 Å². The molecule has 1 fully saturated rings. The summed E-state index contributed by atoms with van der Waals surface area (Å²) < 4.78 is 43.0. The van der Waals surface area contributed by atoms with Crippen molar-refractivity contribution in [3.8, 4) is 0 Å². The molecular weight excluding hydrogens is 363 g/mol. The van der Waals surface area contributed by atoms with Crippen molar-refractivity contribution in [2.45, 2.75) is 19.5 Å². The van der Waals surface area contributed by atoms with Crippen molar-refractivity contribution in [3.63, 3.8) is 0 Å². The zero-order valence-corrected chi connectivity index (χ0v) is 16.7. The first-order valence-electron chi connectivity index (χ1n) is 9.17. The molecule has 158 valence electrons. The van der Waals surface area contributed by atoms with E-state index in [0.29, 0.717) is 45.3 Å². The molecule has 27 heavy (non-hydrogen) atoms. The third-order valence-corrected chi connectivity index (χ3v) is 4.40. The van der Waals surface area contributed by atoms with Crippen LogP contribution in [0, 0.1) is 5.92 Å². The van der Waals surface area contributed by atoms with Crippen LogP contribution in [-0.2, 0) is 9.53 Å². The molecule has 1 aliphatic heterocycles. The van der Waals surface area contributed by atoms with Crippen LogP contribution >= 0.6 is 0 Å². The second kappa shape index (κ2) is 11.3. The Labute approximate surface area is 159 Å². The van der Waals surface area contributed by atoms with Crippen LogP contribution in [0.25, 0.3) is 0 Å². The molecule has 1 atom stereocenters. The van der Waals surface area contributed by atoms with Crippen LogP contribution in [0.15, 0.2) is 4.99 Å². The topological polar surface area (TPSA) is 60.4 Å². The summed E-state index contributed by atoms with van der Waals surface area (Å²) in [6.45, 7) is 3.99. The number of hydrogen-bond acceptors (Lipinski definition) is 4. The number of carbonyl (C=O) groups excluding carboxylic acids is 1. The molecule has 0 aromatic rings. The van der Waals surface area contributed by atoms with Crippen molar-refractivity contribution in [3.05, 3.63) is 0 Å². The average Bonchev–Trinajstić information content (AvgIpc) is 3.04. The Morgan fingerprint density at radius 2 is 2.07 bits per heavy atom. The number of rotatable bonds is 9. The van der Waals surface area contributed by atoms with E-state index in [1.54, 1.807) is 28.1 Å². The first-order chi connectivity index (χ1) is 12.7. The predicted molar refractivity (Wildman–Crippen MR) is 98.7 cm³/mol. The molecule has 1 amide bonds. The summed E-state index contributed by atoms with van der Waals surface area (Å²) in [4.78, 5) is 21.1. The Kier molecular flexibility index (Phi) is 9.86. The Hall–Kier alpha value is -1.55. The van der Waals surface area contributed by atoms with Gasteiger partial charge in [-0.2, -0.15) is 13.2 Å². The monoisotopic (exact) mass is 395 g/mol. The van der Waals surface area contributed by atoms with Gasteiger partial charge in [0.2, 0.25) is 5.91 Å². The van der Waals surface area contributed by atoms with Gasteiger partial charge in [0.15, 0.2) is 5.96 Å². The summed E-state index contributed by atoms with van der Waals surface area (Å²) in [5, 5.41) is 3.17. The van der Waals surface area contributed by atoms with Crippen molar-refractivity contribution in [1.82, 2.24) is 20.0 Å². The van der Waals surface area contributed by atoms with E-state index in [-0.39, 0.29) is 18.4 Å². The zero-order valence-electron chi connectivity index (χ0n) is 16.7. The average molecular weight is 395 g/mol. The number of nitrogens with one attached hydrogen (secondary N) is 1. The number of carbonyl (C=O) groups is 1. The van der Waals surface area contributed by atoms with Crippen LogP contribution in [0.3, 0.4) is 0 Å². The fourth-order valence-corrected chi connectivity index (χ4v) is 2.91. The van der Waals surface area contributed by atoms with Crippen LogP contribution in [0.4, 0.5) is 13.2 Å². The third-order valence-electron chi connectivity index (χ3n) is 4.40. The van der Waals surface area contributed by atoms with Gasteiger partial charge in [-0.25, -0.2) is 4.99 Å².